The van der Waals surface area contributed by atoms with E-state index in [-0.39, 0.29) is 22.9 Å². The average Bonchev–Trinajstić information content (AvgIpc) is 2.38. The topological polar surface area (TPSA) is 42.0 Å². The maximum atomic E-state index is 13.6. The van der Waals surface area contributed by atoms with Crippen molar-refractivity contribution in [1.29, 1.82) is 0 Å². The van der Waals surface area contributed by atoms with E-state index in [2.05, 4.69) is 31.1 Å². The van der Waals surface area contributed by atoms with Crippen molar-refractivity contribution in [1.82, 2.24) is 10.3 Å². The van der Waals surface area contributed by atoms with Crippen LogP contribution in [0.1, 0.15) is 56.8 Å². The van der Waals surface area contributed by atoms with E-state index in [0.717, 1.165) is 25.5 Å². The first kappa shape index (κ1) is 14.9. The maximum absolute atomic E-state index is 13.6. The van der Waals surface area contributed by atoms with E-state index in [9.17, 15) is 9.18 Å². The lowest BCUT2D eigenvalue weighted by molar-refractivity contribution is 0.0826. The maximum Gasteiger partial charge on any atom is 0.254 e. The molecule has 1 aliphatic carbocycles. The van der Waals surface area contributed by atoms with E-state index in [1.54, 1.807) is 0 Å². The number of halogens is 1. The van der Waals surface area contributed by atoms with E-state index >= 15 is 0 Å². The van der Waals surface area contributed by atoms with Gasteiger partial charge in [0.1, 0.15) is 0 Å². The fourth-order valence-corrected chi connectivity index (χ4v) is 3.15. The Morgan fingerprint density at radius 2 is 2.05 bits per heavy atom. The molecule has 2 unspecified atom stereocenters. The molecule has 0 radical (unpaired) electrons. The third-order valence-electron chi connectivity index (χ3n) is 4.21. The lowest BCUT2D eigenvalue weighted by Crippen LogP contribution is -2.46. The molecule has 1 aromatic rings. The molecule has 1 fully saturated rings. The number of pyridine rings is 1. The summed E-state index contributed by atoms with van der Waals surface area (Å²) in [6.45, 7) is 6.61. The zero-order chi connectivity index (χ0) is 14.8. The summed E-state index contributed by atoms with van der Waals surface area (Å²) in [4.78, 5) is 15.9. The third kappa shape index (κ3) is 3.35. The Labute approximate surface area is 120 Å². The minimum absolute atomic E-state index is 0.0817. The minimum Gasteiger partial charge on any atom is -0.349 e. The fourth-order valence-electron chi connectivity index (χ4n) is 3.15. The van der Waals surface area contributed by atoms with E-state index in [1.807, 2.05) is 0 Å². The molecule has 0 saturated heterocycles. The molecule has 1 heterocycles. The second kappa shape index (κ2) is 5.90. The van der Waals surface area contributed by atoms with Crippen molar-refractivity contribution in [3.8, 4) is 0 Å². The number of hydrogen-bond acceptors (Lipinski definition) is 2. The van der Waals surface area contributed by atoms with E-state index in [0.29, 0.717) is 5.92 Å². The van der Waals surface area contributed by atoms with Crippen LogP contribution in [0.15, 0.2) is 18.5 Å². The Morgan fingerprint density at radius 3 is 2.70 bits per heavy atom. The van der Waals surface area contributed by atoms with Gasteiger partial charge in [-0.2, -0.15) is 0 Å². The molecule has 20 heavy (non-hydrogen) atoms. The monoisotopic (exact) mass is 278 g/mol. The highest BCUT2D eigenvalue weighted by molar-refractivity contribution is 5.94. The predicted octanol–water partition coefficient (Wildman–Crippen LogP) is 3.56. The van der Waals surface area contributed by atoms with Gasteiger partial charge in [0.2, 0.25) is 0 Å². The van der Waals surface area contributed by atoms with Crippen LogP contribution in [0, 0.1) is 17.2 Å². The van der Waals surface area contributed by atoms with E-state index in [1.165, 1.54) is 18.7 Å². The van der Waals surface area contributed by atoms with Gasteiger partial charge >= 0.3 is 0 Å². The van der Waals surface area contributed by atoms with Gasteiger partial charge in [0.05, 0.1) is 11.8 Å². The third-order valence-corrected chi connectivity index (χ3v) is 4.21. The Kier molecular flexibility index (Phi) is 4.41. The molecule has 1 aromatic heterocycles. The summed E-state index contributed by atoms with van der Waals surface area (Å²) >= 11 is 0. The molecule has 1 N–H and O–H groups in total. The van der Waals surface area contributed by atoms with Crippen LogP contribution in [0.4, 0.5) is 4.39 Å². The van der Waals surface area contributed by atoms with Gasteiger partial charge in [0.15, 0.2) is 5.82 Å². The molecule has 0 spiro atoms. The lowest BCUT2D eigenvalue weighted by Gasteiger charge is -2.40. The molecule has 0 aliphatic heterocycles. The van der Waals surface area contributed by atoms with Crippen LogP contribution in [0.2, 0.25) is 0 Å². The van der Waals surface area contributed by atoms with Crippen LogP contribution >= 0.6 is 0 Å². The average molecular weight is 278 g/mol. The zero-order valence-corrected chi connectivity index (χ0v) is 12.4. The molecule has 0 aromatic carbocycles. The molecule has 0 bridgehead atoms. The standard InChI is InChI=1S/C16H23FN2O/c1-16(2,3)12-6-4-5-7-14(12)19-15(20)11-8-9-18-10-13(11)17/h8-10,12,14H,4-7H2,1-3H3,(H,19,20). The van der Waals surface area contributed by atoms with Gasteiger partial charge in [0.25, 0.3) is 5.91 Å². The summed E-state index contributed by atoms with van der Waals surface area (Å²) in [6, 6.07) is 1.56. The van der Waals surface area contributed by atoms with Gasteiger partial charge in [-0.25, -0.2) is 4.39 Å². The van der Waals surface area contributed by atoms with Crippen LogP contribution < -0.4 is 5.32 Å². The van der Waals surface area contributed by atoms with Gasteiger partial charge < -0.3 is 5.32 Å². The molecule has 110 valence electrons. The molecule has 1 aliphatic rings. The van der Waals surface area contributed by atoms with Gasteiger partial charge in [-0.15, -0.1) is 0 Å². The van der Waals surface area contributed by atoms with Crippen molar-refractivity contribution >= 4 is 5.91 Å². The summed E-state index contributed by atoms with van der Waals surface area (Å²) in [7, 11) is 0. The molecule has 1 saturated carbocycles. The van der Waals surface area contributed by atoms with Crippen molar-refractivity contribution in [2.75, 3.05) is 0 Å². The Hall–Kier alpha value is -1.45. The largest absolute Gasteiger partial charge is 0.349 e. The smallest absolute Gasteiger partial charge is 0.254 e. The van der Waals surface area contributed by atoms with Crippen molar-refractivity contribution in [3.63, 3.8) is 0 Å². The molecule has 4 heteroatoms. The first-order valence-electron chi connectivity index (χ1n) is 7.30. The molecule has 2 atom stereocenters. The summed E-state index contributed by atoms with van der Waals surface area (Å²) < 4.78 is 13.6. The molecular formula is C16H23FN2O. The predicted molar refractivity (Wildman–Crippen MR) is 76.9 cm³/mol. The summed E-state index contributed by atoms with van der Waals surface area (Å²) in [6.07, 6.45) is 6.94. The van der Waals surface area contributed by atoms with Gasteiger partial charge in [-0.3, -0.25) is 9.78 Å². The SMILES string of the molecule is CC(C)(C)C1CCCCC1NC(=O)c1ccncc1F. The van der Waals surface area contributed by atoms with E-state index < -0.39 is 5.82 Å². The highest BCUT2D eigenvalue weighted by Gasteiger charge is 2.35. The second-order valence-electron chi connectivity index (χ2n) is 6.69. The zero-order valence-electron chi connectivity index (χ0n) is 12.4. The van der Waals surface area contributed by atoms with Crippen molar-refractivity contribution < 1.29 is 9.18 Å². The van der Waals surface area contributed by atoms with Crippen molar-refractivity contribution in [2.45, 2.75) is 52.5 Å². The first-order valence-corrected chi connectivity index (χ1v) is 7.30. The second-order valence-corrected chi connectivity index (χ2v) is 6.69. The highest BCUT2D eigenvalue weighted by atomic mass is 19.1. The van der Waals surface area contributed by atoms with Crippen LogP contribution in [-0.4, -0.2) is 16.9 Å². The number of amides is 1. The lowest BCUT2D eigenvalue weighted by atomic mass is 9.69. The number of nitrogens with zero attached hydrogens (tertiary/aromatic N) is 1. The van der Waals surface area contributed by atoms with Crippen LogP contribution in [0.3, 0.4) is 0 Å². The van der Waals surface area contributed by atoms with Crippen LogP contribution in [0.5, 0.6) is 0 Å². The highest BCUT2D eigenvalue weighted by Crippen LogP contribution is 2.38. The number of nitrogens with one attached hydrogen (secondary N) is 1. The summed E-state index contributed by atoms with van der Waals surface area (Å²) in [5, 5.41) is 3.03. The number of rotatable bonds is 2. The van der Waals surface area contributed by atoms with Crippen LogP contribution in [0.25, 0.3) is 0 Å². The molecular weight excluding hydrogens is 255 g/mol. The molecule has 2 rings (SSSR count). The number of carbonyl (C=O) groups is 1. The Balaban J connectivity index is 2.11. The summed E-state index contributed by atoms with van der Waals surface area (Å²) in [5.41, 5.74) is 0.230. The summed E-state index contributed by atoms with van der Waals surface area (Å²) in [5.74, 6) is -0.454. The minimum atomic E-state index is -0.562. The molecule has 3 nitrogen and oxygen atoms in total. The Morgan fingerprint density at radius 1 is 1.35 bits per heavy atom. The number of aromatic nitrogens is 1. The quantitative estimate of drug-likeness (QED) is 0.898. The van der Waals surface area contributed by atoms with Gasteiger partial charge in [-0.1, -0.05) is 33.6 Å². The van der Waals surface area contributed by atoms with Crippen LogP contribution in [-0.2, 0) is 0 Å². The number of hydrogen-bond donors (Lipinski definition) is 1. The van der Waals surface area contributed by atoms with Crippen molar-refractivity contribution in [2.24, 2.45) is 11.3 Å². The number of carbonyl (C=O) groups excluding carboxylic acids is 1. The fraction of sp³-hybridized carbons (Fsp3) is 0.625. The van der Waals surface area contributed by atoms with Gasteiger partial charge in [0, 0.05) is 12.2 Å². The molecule has 1 amide bonds. The first-order chi connectivity index (χ1) is 9.39. The van der Waals surface area contributed by atoms with E-state index in [4.69, 9.17) is 0 Å². The normalized spacial score (nSPS) is 23.4. The Bertz CT molecular complexity index is 482. The van der Waals surface area contributed by atoms with Gasteiger partial charge in [-0.05, 0) is 30.2 Å². The van der Waals surface area contributed by atoms with Crippen molar-refractivity contribution in [3.05, 3.63) is 29.8 Å².